The molecule has 0 atom stereocenters. The summed E-state index contributed by atoms with van der Waals surface area (Å²) in [6.07, 6.45) is 10.0. The van der Waals surface area contributed by atoms with E-state index in [1.54, 1.807) is 0 Å². The van der Waals surface area contributed by atoms with E-state index in [-0.39, 0.29) is 25.8 Å². The Morgan fingerprint density at radius 1 is 1.00 bits per heavy atom. The van der Waals surface area contributed by atoms with Gasteiger partial charge in [-0.15, -0.1) is 22.6 Å². The number of hydrogen-bond acceptors (Lipinski definition) is 0. The van der Waals surface area contributed by atoms with Crippen LogP contribution in [0.2, 0.25) is 39.3 Å². The van der Waals surface area contributed by atoms with Gasteiger partial charge in [-0.05, 0) is 0 Å². The first-order valence-corrected chi connectivity index (χ1v) is 12.4. The van der Waals surface area contributed by atoms with Gasteiger partial charge in [-0.3, -0.25) is 6.08 Å². The first kappa shape index (κ1) is 18.2. The molecule has 0 amide bonds. The Kier molecular flexibility index (Phi) is 9.64. The van der Waals surface area contributed by atoms with E-state index < -0.39 is 16.1 Å². The zero-order chi connectivity index (χ0) is 11.2. The second kappa shape index (κ2) is 7.96. The molecule has 15 heavy (non-hydrogen) atoms. The topological polar surface area (TPSA) is 0 Å². The molecule has 0 aromatic rings. The summed E-state index contributed by atoms with van der Waals surface area (Å²) in [6.45, 7) is 14.4. The first-order valence-electron chi connectivity index (χ1n) is 5.29. The third-order valence-electron chi connectivity index (χ3n) is 1.45. The molecule has 0 heterocycles. The van der Waals surface area contributed by atoms with Gasteiger partial charge < -0.3 is 5.67 Å². The number of hydrogen-bond donors (Lipinski definition) is 0. The van der Waals surface area contributed by atoms with Crippen molar-refractivity contribution in [3.63, 3.8) is 0 Å². The average molecular weight is 403 g/mol. The smallest absolute Gasteiger partial charge is 0 e. The van der Waals surface area contributed by atoms with Gasteiger partial charge in [0.25, 0.3) is 0 Å². The SMILES string of the molecule is C[Si](C)(C)[CH-][Si](C)(C)C.[C-]1=CC=CC1.[Hf]. The molecule has 0 fully saturated rings. The molecule has 3 heteroatoms. The van der Waals surface area contributed by atoms with Crippen LogP contribution in [0.15, 0.2) is 18.2 Å². The molecular formula is C12H24HfSi2-2. The second-order valence-corrected chi connectivity index (χ2v) is 16.5. The molecule has 0 unspecified atom stereocenters. The van der Waals surface area contributed by atoms with E-state index in [4.69, 9.17) is 0 Å². The van der Waals surface area contributed by atoms with Crippen molar-refractivity contribution in [2.45, 2.75) is 45.7 Å². The molecule has 0 spiro atoms. The fourth-order valence-electron chi connectivity index (χ4n) is 1.64. The molecule has 0 bridgehead atoms. The van der Waals surface area contributed by atoms with Gasteiger partial charge in [0.05, 0.1) is 0 Å². The molecular weight excluding hydrogens is 379 g/mol. The molecule has 1 rings (SSSR count). The first-order chi connectivity index (χ1) is 6.21. The van der Waals surface area contributed by atoms with Crippen LogP contribution in [-0.4, -0.2) is 16.1 Å². The molecule has 0 nitrogen and oxygen atoms in total. The van der Waals surface area contributed by atoms with Gasteiger partial charge in [-0.1, -0.05) is 39.3 Å². The maximum absolute atomic E-state index is 2.99. The van der Waals surface area contributed by atoms with Crippen molar-refractivity contribution in [3.05, 3.63) is 30.0 Å². The summed E-state index contributed by atoms with van der Waals surface area (Å²) in [6, 6.07) is 0. The van der Waals surface area contributed by atoms with Crippen molar-refractivity contribution in [1.82, 2.24) is 0 Å². The van der Waals surface area contributed by atoms with Gasteiger partial charge in [0.1, 0.15) is 0 Å². The van der Waals surface area contributed by atoms with E-state index in [1.165, 1.54) is 0 Å². The number of rotatable bonds is 2. The van der Waals surface area contributed by atoms with E-state index >= 15 is 0 Å². The van der Waals surface area contributed by atoms with Gasteiger partial charge in [-0.2, -0.15) is 6.08 Å². The predicted molar refractivity (Wildman–Crippen MR) is 72.6 cm³/mol. The molecule has 0 saturated heterocycles. The summed E-state index contributed by atoms with van der Waals surface area (Å²) >= 11 is 0. The van der Waals surface area contributed by atoms with Crippen molar-refractivity contribution >= 4 is 16.1 Å². The third-order valence-corrected chi connectivity index (χ3v) is 8.38. The van der Waals surface area contributed by atoms with Crippen molar-refractivity contribution in [2.75, 3.05) is 0 Å². The van der Waals surface area contributed by atoms with Crippen LogP contribution in [0.3, 0.4) is 0 Å². The van der Waals surface area contributed by atoms with Crippen LogP contribution in [0.5, 0.6) is 0 Å². The zero-order valence-corrected chi connectivity index (χ0v) is 16.6. The fraction of sp³-hybridized carbons (Fsp3) is 0.583. The Morgan fingerprint density at radius 2 is 1.47 bits per heavy atom. The standard InChI is InChI=1S/C7H19Si2.C5H5.Hf/c1-8(2,3)7-9(4,5)6;1-2-4-5-3-1;/h7H,1-6H3;1-3H,4H2;/q2*-1;. The van der Waals surface area contributed by atoms with Gasteiger partial charge >= 0.3 is 0 Å². The van der Waals surface area contributed by atoms with E-state index in [0.29, 0.717) is 0 Å². The van der Waals surface area contributed by atoms with Crippen molar-refractivity contribution in [1.29, 1.82) is 0 Å². The zero-order valence-electron chi connectivity index (χ0n) is 11.0. The predicted octanol–water partition coefficient (Wildman–Crippen LogP) is 4.25. The molecule has 0 saturated carbocycles. The number of allylic oxidation sites excluding steroid dienone is 4. The Bertz CT molecular complexity index is 185. The van der Waals surface area contributed by atoms with Crippen LogP contribution in [0.25, 0.3) is 0 Å². The van der Waals surface area contributed by atoms with Gasteiger partial charge in [0.15, 0.2) is 0 Å². The third kappa shape index (κ3) is 17.4. The van der Waals surface area contributed by atoms with Crippen LogP contribution >= 0.6 is 0 Å². The minimum absolute atomic E-state index is 0. The van der Waals surface area contributed by atoms with E-state index in [0.717, 1.165) is 6.42 Å². The molecule has 86 valence electrons. The van der Waals surface area contributed by atoms with Crippen LogP contribution in [-0.2, 0) is 25.8 Å². The summed E-state index contributed by atoms with van der Waals surface area (Å²) in [4.78, 5) is 0. The van der Waals surface area contributed by atoms with Crippen LogP contribution in [0, 0.1) is 11.7 Å². The summed E-state index contributed by atoms with van der Waals surface area (Å²) in [7, 11) is -1.71. The maximum atomic E-state index is 2.99. The van der Waals surface area contributed by atoms with E-state index in [2.05, 4.69) is 57.1 Å². The Balaban J connectivity index is 0. The monoisotopic (exact) mass is 404 g/mol. The molecule has 0 radical (unpaired) electrons. The van der Waals surface area contributed by atoms with Crippen LogP contribution in [0.4, 0.5) is 0 Å². The normalized spacial score (nSPS) is 14.3. The summed E-state index contributed by atoms with van der Waals surface area (Å²) < 4.78 is 0. The molecule has 0 N–H and O–H groups in total. The molecule has 0 aromatic heterocycles. The van der Waals surface area contributed by atoms with Gasteiger partial charge in [0.2, 0.25) is 0 Å². The Hall–Kier alpha value is 0.784. The summed E-state index contributed by atoms with van der Waals surface area (Å²) in [5.74, 6) is 0. The average Bonchev–Trinajstić information content (AvgIpc) is 2.29. The molecule has 1 aliphatic rings. The summed E-state index contributed by atoms with van der Waals surface area (Å²) in [5.41, 5.74) is 2.65. The minimum Gasteiger partial charge on any atom is -0.327 e. The van der Waals surface area contributed by atoms with Gasteiger partial charge in [0, 0.05) is 25.8 Å². The van der Waals surface area contributed by atoms with E-state index in [1.807, 2.05) is 12.2 Å². The van der Waals surface area contributed by atoms with Crippen LogP contribution in [0.1, 0.15) is 6.42 Å². The Morgan fingerprint density at radius 3 is 1.53 bits per heavy atom. The molecule has 0 aliphatic heterocycles. The van der Waals surface area contributed by atoms with E-state index in [9.17, 15) is 0 Å². The Labute approximate surface area is 117 Å². The van der Waals surface area contributed by atoms with Crippen molar-refractivity contribution in [3.8, 4) is 0 Å². The fourth-order valence-corrected chi connectivity index (χ4v) is 12.0. The largest absolute Gasteiger partial charge is 0.327 e. The quantitative estimate of drug-likeness (QED) is 0.478. The molecule has 0 aromatic carbocycles. The summed E-state index contributed by atoms with van der Waals surface area (Å²) in [5, 5.41) is 0. The van der Waals surface area contributed by atoms with Crippen molar-refractivity contribution in [2.24, 2.45) is 0 Å². The van der Waals surface area contributed by atoms with Crippen molar-refractivity contribution < 1.29 is 25.8 Å². The minimum atomic E-state index is -0.856. The second-order valence-electron chi connectivity index (χ2n) is 5.88. The van der Waals surface area contributed by atoms with Gasteiger partial charge in [-0.25, -0.2) is 12.2 Å². The molecule has 1 aliphatic carbocycles. The maximum Gasteiger partial charge on any atom is 0 e. The van der Waals surface area contributed by atoms with Crippen LogP contribution < -0.4 is 0 Å².